The van der Waals surface area contributed by atoms with Gasteiger partial charge in [-0.05, 0) is 72.5 Å². The monoisotopic (exact) mass is 492 g/mol. The number of halogens is 2. The van der Waals surface area contributed by atoms with Crippen LogP contribution >= 0.6 is 15.9 Å². The molecule has 0 aliphatic carbocycles. The Hall–Kier alpha value is -3.43. The third kappa shape index (κ3) is 5.43. The van der Waals surface area contributed by atoms with Crippen molar-refractivity contribution in [2.24, 2.45) is 0 Å². The predicted octanol–water partition coefficient (Wildman–Crippen LogP) is 6.35. The van der Waals surface area contributed by atoms with Gasteiger partial charge in [0.2, 0.25) is 0 Å². The van der Waals surface area contributed by atoms with E-state index in [0.717, 1.165) is 16.7 Å². The highest BCUT2D eigenvalue weighted by molar-refractivity contribution is 9.10. The van der Waals surface area contributed by atoms with Crippen molar-refractivity contribution in [3.05, 3.63) is 98.3 Å². The molecule has 0 fully saturated rings. The molecule has 162 valence electrons. The van der Waals surface area contributed by atoms with Crippen LogP contribution in [0.15, 0.2) is 64.6 Å². The molecule has 0 saturated carbocycles. The molecule has 1 amide bonds. The highest BCUT2D eigenvalue weighted by Gasteiger charge is 2.15. The van der Waals surface area contributed by atoms with Crippen molar-refractivity contribution in [1.82, 2.24) is 0 Å². The molecule has 32 heavy (non-hydrogen) atoms. The van der Waals surface area contributed by atoms with Crippen LogP contribution in [-0.4, -0.2) is 13.0 Å². The molecule has 0 saturated heterocycles. The second kappa shape index (κ2) is 10.3. The Kier molecular flexibility index (Phi) is 7.45. The van der Waals surface area contributed by atoms with Gasteiger partial charge in [-0.15, -0.1) is 0 Å². The molecule has 0 spiro atoms. The number of hydrogen-bond acceptors (Lipinski definition) is 3. The van der Waals surface area contributed by atoms with E-state index in [9.17, 15) is 14.4 Å². The van der Waals surface area contributed by atoms with E-state index in [1.807, 2.05) is 32.0 Å². The number of hydrogen-bond donors (Lipinski definition) is 1. The first-order chi connectivity index (χ1) is 15.3. The van der Waals surface area contributed by atoms with Gasteiger partial charge in [-0.1, -0.05) is 40.2 Å². The van der Waals surface area contributed by atoms with Gasteiger partial charge in [-0.3, -0.25) is 4.79 Å². The summed E-state index contributed by atoms with van der Waals surface area (Å²) < 4.78 is 20.3. The van der Waals surface area contributed by atoms with Crippen LogP contribution < -0.4 is 10.1 Å². The molecule has 4 nitrogen and oxygen atoms in total. The molecule has 3 rings (SSSR count). The Bertz CT molecular complexity index is 1250. The average Bonchev–Trinajstić information content (AvgIpc) is 2.77. The largest absolute Gasteiger partial charge is 0.496 e. The summed E-state index contributed by atoms with van der Waals surface area (Å²) in [7, 11) is 1.53. The maximum absolute atomic E-state index is 14.1. The zero-order valence-electron chi connectivity index (χ0n) is 18.0. The van der Waals surface area contributed by atoms with Crippen LogP contribution in [0.4, 0.5) is 10.1 Å². The number of rotatable bonds is 6. The molecule has 1 N–H and O–H groups in total. The first kappa shape index (κ1) is 23.2. The normalized spacial score (nSPS) is 11.1. The number of benzene rings is 3. The summed E-state index contributed by atoms with van der Waals surface area (Å²) in [4.78, 5) is 12.6. The Morgan fingerprint density at radius 1 is 1.16 bits per heavy atom. The fourth-order valence-corrected chi connectivity index (χ4v) is 3.83. The number of nitrogens with zero attached hydrogens (tertiary/aromatic N) is 1. The summed E-state index contributed by atoms with van der Waals surface area (Å²) in [5.41, 5.74) is 4.67. The number of methoxy groups -OCH3 is 1. The molecule has 0 aliphatic rings. The molecule has 0 radical (unpaired) electrons. The number of carbonyl (C=O) groups is 1. The summed E-state index contributed by atoms with van der Waals surface area (Å²) in [5, 5.41) is 12.3. The molecule has 0 unspecified atom stereocenters. The summed E-state index contributed by atoms with van der Waals surface area (Å²) in [6, 6.07) is 17.6. The van der Waals surface area contributed by atoms with Gasteiger partial charge in [-0.2, -0.15) is 5.26 Å². The number of carbonyl (C=O) groups excluding carboxylic acids is 1. The maximum Gasteiger partial charge on any atom is 0.266 e. The molecule has 6 heteroatoms. The number of anilines is 1. The smallest absolute Gasteiger partial charge is 0.266 e. The lowest BCUT2D eigenvalue weighted by Gasteiger charge is -2.13. The molecule has 0 atom stereocenters. The van der Waals surface area contributed by atoms with E-state index in [1.54, 1.807) is 36.4 Å². The van der Waals surface area contributed by atoms with E-state index in [-0.39, 0.29) is 11.4 Å². The molecule has 0 aromatic heterocycles. The number of nitriles is 1. The highest BCUT2D eigenvalue weighted by atomic mass is 79.9. The molecular formula is C26H22BrFN2O2. The Morgan fingerprint density at radius 3 is 2.56 bits per heavy atom. The minimum atomic E-state index is -0.499. The second-order valence-corrected chi connectivity index (χ2v) is 8.23. The van der Waals surface area contributed by atoms with Crippen LogP contribution in [0.3, 0.4) is 0 Å². The van der Waals surface area contributed by atoms with Crippen molar-refractivity contribution in [3.8, 4) is 11.8 Å². The van der Waals surface area contributed by atoms with E-state index in [1.165, 1.54) is 19.3 Å². The third-order valence-corrected chi connectivity index (χ3v) is 5.87. The quantitative estimate of drug-likeness (QED) is 0.322. The fourth-order valence-electron chi connectivity index (χ4n) is 3.23. The average molecular weight is 493 g/mol. The van der Waals surface area contributed by atoms with Crippen LogP contribution in [0.5, 0.6) is 5.75 Å². The summed E-state index contributed by atoms with van der Waals surface area (Å²) in [5.74, 6) is -0.262. The first-order valence-corrected chi connectivity index (χ1v) is 10.7. The van der Waals surface area contributed by atoms with Crippen molar-refractivity contribution < 1.29 is 13.9 Å². The lowest BCUT2D eigenvalue weighted by Crippen LogP contribution is -2.13. The topological polar surface area (TPSA) is 62.1 Å². The summed E-state index contributed by atoms with van der Waals surface area (Å²) in [6.07, 6.45) is 1.83. The van der Waals surface area contributed by atoms with Crippen molar-refractivity contribution in [2.75, 3.05) is 12.4 Å². The number of nitrogens with one attached hydrogen (secondary N) is 1. The van der Waals surface area contributed by atoms with Crippen LogP contribution in [0.2, 0.25) is 0 Å². The van der Waals surface area contributed by atoms with Crippen molar-refractivity contribution in [2.45, 2.75) is 20.3 Å². The molecule has 0 bridgehead atoms. The molecule has 3 aromatic rings. The van der Waals surface area contributed by atoms with Gasteiger partial charge in [-0.25, -0.2) is 4.39 Å². The molecule has 3 aromatic carbocycles. The molecule has 0 aliphatic heterocycles. The fraction of sp³-hybridized carbons (Fsp3) is 0.154. The van der Waals surface area contributed by atoms with Crippen LogP contribution in [0.1, 0.15) is 27.8 Å². The zero-order valence-corrected chi connectivity index (χ0v) is 19.6. The van der Waals surface area contributed by atoms with E-state index >= 15 is 0 Å². The van der Waals surface area contributed by atoms with Crippen LogP contribution in [-0.2, 0) is 11.2 Å². The van der Waals surface area contributed by atoms with Crippen molar-refractivity contribution in [1.29, 1.82) is 5.26 Å². The summed E-state index contributed by atoms with van der Waals surface area (Å²) in [6.45, 7) is 3.95. The Morgan fingerprint density at radius 2 is 1.91 bits per heavy atom. The van der Waals surface area contributed by atoms with Gasteiger partial charge >= 0.3 is 0 Å². The van der Waals surface area contributed by atoms with Gasteiger partial charge in [0.1, 0.15) is 23.2 Å². The van der Waals surface area contributed by atoms with E-state index in [4.69, 9.17) is 4.74 Å². The lowest BCUT2D eigenvalue weighted by molar-refractivity contribution is -0.112. The van der Waals surface area contributed by atoms with E-state index in [2.05, 4.69) is 21.2 Å². The van der Waals surface area contributed by atoms with Crippen LogP contribution in [0, 0.1) is 31.0 Å². The van der Waals surface area contributed by atoms with Gasteiger partial charge in [0.05, 0.1) is 7.11 Å². The second-order valence-electron chi connectivity index (χ2n) is 7.37. The Labute approximate surface area is 195 Å². The predicted molar refractivity (Wildman–Crippen MR) is 128 cm³/mol. The SMILES string of the molecule is COc1cc(/C=C(\C#N)C(=O)Nc2ccc(C)c(C)c2)cc(Br)c1Cc1ccccc1F. The molecule has 0 heterocycles. The number of amides is 1. The third-order valence-electron chi connectivity index (χ3n) is 5.16. The van der Waals surface area contributed by atoms with E-state index in [0.29, 0.717) is 33.5 Å². The summed E-state index contributed by atoms with van der Waals surface area (Å²) >= 11 is 3.52. The van der Waals surface area contributed by atoms with Crippen LogP contribution in [0.25, 0.3) is 6.08 Å². The van der Waals surface area contributed by atoms with Gasteiger partial charge in [0.15, 0.2) is 0 Å². The maximum atomic E-state index is 14.1. The van der Waals surface area contributed by atoms with Gasteiger partial charge in [0.25, 0.3) is 5.91 Å². The number of aryl methyl sites for hydroxylation is 2. The highest BCUT2D eigenvalue weighted by Crippen LogP contribution is 2.32. The van der Waals surface area contributed by atoms with Crippen molar-refractivity contribution >= 4 is 33.6 Å². The standard InChI is InChI=1S/C26H22BrFN2O2/c1-16-8-9-21(10-17(16)2)30-26(31)20(15-29)11-18-12-23(27)22(25(13-18)32-3)14-19-6-4-5-7-24(19)28/h4-13H,14H2,1-3H3,(H,30,31)/b20-11+. The zero-order chi connectivity index (χ0) is 23.3. The number of ether oxygens (including phenoxy) is 1. The minimum Gasteiger partial charge on any atom is -0.496 e. The molecular weight excluding hydrogens is 471 g/mol. The first-order valence-electron chi connectivity index (χ1n) is 9.92. The Balaban J connectivity index is 1.89. The minimum absolute atomic E-state index is 0.0426. The van der Waals surface area contributed by atoms with Crippen molar-refractivity contribution in [3.63, 3.8) is 0 Å². The van der Waals surface area contributed by atoms with E-state index < -0.39 is 5.91 Å². The van der Waals surface area contributed by atoms with Gasteiger partial charge < -0.3 is 10.1 Å². The van der Waals surface area contributed by atoms with Gasteiger partial charge in [0, 0.05) is 22.1 Å². The lowest BCUT2D eigenvalue weighted by atomic mass is 10.0.